The summed E-state index contributed by atoms with van der Waals surface area (Å²) >= 11 is 0. The van der Waals surface area contributed by atoms with Crippen LogP contribution in [0.25, 0.3) is 10.9 Å². The van der Waals surface area contributed by atoms with Crippen molar-refractivity contribution in [2.75, 3.05) is 13.1 Å². The highest BCUT2D eigenvalue weighted by atomic mass is 19.2. The Hall–Kier alpha value is -1.82. The maximum atomic E-state index is 13.2. The van der Waals surface area contributed by atoms with Crippen molar-refractivity contribution in [3.8, 4) is 0 Å². The van der Waals surface area contributed by atoms with Crippen LogP contribution in [0.15, 0.2) is 16.9 Å². The molecule has 2 N–H and O–H groups in total. The summed E-state index contributed by atoms with van der Waals surface area (Å²) in [5.74, 6) is -1.30. The third-order valence-electron chi connectivity index (χ3n) is 3.49. The van der Waals surface area contributed by atoms with E-state index in [2.05, 4.69) is 15.3 Å². The van der Waals surface area contributed by atoms with Gasteiger partial charge in [0, 0.05) is 12.0 Å². The summed E-state index contributed by atoms with van der Waals surface area (Å²) < 4.78 is 26.3. The Kier molecular flexibility index (Phi) is 3.02. The Balaban J connectivity index is 2.13. The molecule has 0 atom stereocenters. The van der Waals surface area contributed by atoms with Gasteiger partial charge in [-0.3, -0.25) is 4.79 Å². The zero-order valence-electron chi connectivity index (χ0n) is 10.2. The van der Waals surface area contributed by atoms with Crippen LogP contribution >= 0.6 is 0 Å². The zero-order chi connectivity index (χ0) is 13.4. The van der Waals surface area contributed by atoms with E-state index in [1.54, 1.807) is 0 Å². The van der Waals surface area contributed by atoms with Gasteiger partial charge in [-0.05, 0) is 32.0 Å². The van der Waals surface area contributed by atoms with Gasteiger partial charge in [-0.2, -0.15) is 0 Å². The molecular formula is C13H13F2N3O. The molecule has 1 aromatic carbocycles. The van der Waals surface area contributed by atoms with Crippen molar-refractivity contribution in [1.29, 1.82) is 0 Å². The second-order valence-electron chi connectivity index (χ2n) is 4.76. The molecule has 1 saturated heterocycles. The van der Waals surface area contributed by atoms with Crippen molar-refractivity contribution >= 4 is 10.9 Å². The Morgan fingerprint density at radius 1 is 1.16 bits per heavy atom. The Bertz CT molecular complexity index is 677. The van der Waals surface area contributed by atoms with Crippen LogP contribution in [0, 0.1) is 11.6 Å². The fourth-order valence-electron chi connectivity index (χ4n) is 2.44. The van der Waals surface area contributed by atoms with Crippen LogP contribution < -0.4 is 10.9 Å². The van der Waals surface area contributed by atoms with Crippen LogP contribution in [0.3, 0.4) is 0 Å². The molecule has 1 aliphatic heterocycles. The molecule has 0 aliphatic carbocycles. The molecule has 0 amide bonds. The van der Waals surface area contributed by atoms with Gasteiger partial charge in [0.05, 0.1) is 10.9 Å². The van der Waals surface area contributed by atoms with E-state index in [4.69, 9.17) is 0 Å². The van der Waals surface area contributed by atoms with Crippen LogP contribution in [-0.4, -0.2) is 23.1 Å². The van der Waals surface area contributed by atoms with Gasteiger partial charge in [-0.25, -0.2) is 13.8 Å². The molecule has 2 aromatic rings. The first kappa shape index (κ1) is 12.2. The van der Waals surface area contributed by atoms with Crippen molar-refractivity contribution in [2.24, 2.45) is 0 Å². The first-order chi connectivity index (χ1) is 9.15. The van der Waals surface area contributed by atoms with Crippen LogP contribution in [0.2, 0.25) is 0 Å². The summed E-state index contributed by atoms with van der Waals surface area (Å²) in [6.45, 7) is 1.73. The number of H-pyrrole nitrogens is 1. The largest absolute Gasteiger partial charge is 0.317 e. The Morgan fingerprint density at radius 3 is 2.58 bits per heavy atom. The molecule has 1 aliphatic rings. The Labute approximate surface area is 107 Å². The lowest BCUT2D eigenvalue weighted by Crippen LogP contribution is -2.28. The quantitative estimate of drug-likeness (QED) is 0.824. The molecule has 0 saturated carbocycles. The summed E-state index contributed by atoms with van der Waals surface area (Å²) in [6, 6.07) is 1.87. The van der Waals surface area contributed by atoms with Gasteiger partial charge in [-0.1, -0.05) is 0 Å². The molecule has 0 bridgehead atoms. The predicted octanol–water partition coefficient (Wildman–Crippen LogP) is 1.67. The number of aromatic amines is 1. The summed E-state index contributed by atoms with van der Waals surface area (Å²) in [4.78, 5) is 18.9. The van der Waals surface area contributed by atoms with E-state index < -0.39 is 17.2 Å². The lowest BCUT2D eigenvalue weighted by molar-refractivity contribution is 0.445. The number of hydrogen-bond acceptors (Lipinski definition) is 3. The molecule has 4 nitrogen and oxygen atoms in total. The van der Waals surface area contributed by atoms with E-state index in [0.717, 1.165) is 38.1 Å². The van der Waals surface area contributed by atoms with E-state index in [-0.39, 0.29) is 16.8 Å². The van der Waals surface area contributed by atoms with E-state index in [9.17, 15) is 13.6 Å². The van der Waals surface area contributed by atoms with E-state index in [0.29, 0.717) is 5.82 Å². The van der Waals surface area contributed by atoms with E-state index in [1.165, 1.54) is 0 Å². The van der Waals surface area contributed by atoms with Gasteiger partial charge >= 0.3 is 0 Å². The second kappa shape index (κ2) is 4.70. The average Bonchev–Trinajstić information content (AvgIpc) is 2.42. The number of nitrogens with one attached hydrogen (secondary N) is 2. The zero-order valence-corrected chi connectivity index (χ0v) is 10.2. The first-order valence-electron chi connectivity index (χ1n) is 6.25. The molecule has 6 heteroatoms. The van der Waals surface area contributed by atoms with Crippen molar-refractivity contribution in [2.45, 2.75) is 18.8 Å². The van der Waals surface area contributed by atoms with Crippen molar-refractivity contribution in [1.82, 2.24) is 15.3 Å². The number of hydrogen-bond donors (Lipinski definition) is 2. The molecule has 100 valence electrons. The Morgan fingerprint density at radius 2 is 1.84 bits per heavy atom. The molecule has 19 heavy (non-hydrogen) atoms. The van der Waals surface area contributed by atoms with Gasteiger partial charge in [0.1, 0.15) is 5.82 Å². The second-order valence-corrected chi connectivity index (χ2v) is 4.76. The third-order valence-corrected chi connectivity index (χ3v) is 3.49. The highest BCUT2D eigenvalue weighted by Crippen LogP contribution is 2.23. The summed E-state index contributed by atoms with van der Waals surface area (Å²) in [6.07, 6.45) is 1.75. The minimum atomic E-state index is -1.03. The molecule has 0 unspecified atom stereocenters. The van der Waals surface area contributed by atoms with Crippen LogP contribution in [-0.2, 0) is 0 Å². The number of aromatic nitrogens is 2. The SMILES string of the molecule is O=c1[nH]c(C2CCNCC2)nc2cc(F)c(F)cc12. The topological polar surface area (TPSA) is 57.8 Å². The molecule has 3 rings (SSSR count). The van der Waals surface area contributed by atoms with E-state index in [1.807, 2.05) is 0 Å². The minimum Gasteiger partial charge on any atom is -0.317 e. The van der Waals surface area contributed by atoms with Crippen molar-refractivity contribution in [3.05, 3.63) is 39.9 Å². The number of halogens is 2. The molecule has 2 heterocycles. The number of nitrogens with zero attached hydrogens (tertiary/aromatic N) is 1. The van der Waals surface area contributed by atoms with Crippen molar-refractivity contribution in [3.63, 3.8) is 0 Å². The maximum absolute atomic E-state index is 13.2. The highest BCUT2D eigenvalue weighted by Gasteiger charge is 2.19. The molecular weight excluding hydrogens is 252 g/mol. The molecule has 0 spiro atoms. The molecule has 1 aromatic heterocycles. The number of fused-ring (bicyclic) bond motifs is 1. The summed E-state index contributed by atoms with van der Waals surface area (Å²) in [5, 5.41) is 3.30. The van der Waals surface area contributed by atoms with Gasteiger partial charge < -0.3 is 10.3 Å². The van der Waals surface area contributed by atoms with Gasteiger partial charge in [0.2, 0.25) is 0 Å². The van der Waals surface area contributed by atoms with Gasteiger partial charge in [-0.15, -0.1) is 0 Å². The van der Waals surface area contributed by atoms with Gasteiger partial charge in [0.25, 0.3) is 5.56 Å². The fraction of sp³-hybridized carbons (Fsp3) is 0.385. The van der Waals surface area contributed by atoms with E-state index >= 15 is 0 Å². The van der Waals surface area contributed by atoms with Crippen molar-refractivity contribution < 1.29 is 8.78 Å². The molecule has 1 fully saturated rings. The van der Waals surface area contributed by atoms with Crippen LogP contribution in [0.4, 0.5) is 8.78 Å². The number of piperidine rings is 1. The lowest BCUT2D eigenvalue weighted by Gasteiger charge is -2.21. The third kappa shape index (κ3) is 2.23. The fourth-order valence-corrected chi connectivity index (χ4v) is 2.44. The number of rotatable bonds is 1. The number of benzene rings is 1. The summed E-state index contributed by atoms with van der Waals surface area (Å²) in [5.41, 5.74) is -0.214. The standard InChI is InChI=1S/C13H13F2N3O/c14-9-5-8-11(6-10(9)15)17-12(18-13(8)19)7-1-3-16-4-2-7/h5-7,16H,1-4H2,(H,17,18,19). The van der Waals surface area contributed by atoms with Gasteiger partial charge in [0.15, 0.2) is 11.6 Å². The lowest BCUT2D eigenvalue weighted by atomic mass is 9.97. The smallest absolute Gasteiger partial charge is 0.258 e. The normalized spacial score (nSPS) is 16.9. The summed E-state index contributed by atoms with van der Waals surface area (Å²) in [7, 11) is 0. The predicted molar refractivity (Wildman–Crippen MR) is 67.1 cm³/mol. The average molecular weight is 265 g/mol. The maximum Gasteiger partial charge on any atom is 0.258 e. The minimum absolute atomic E-state index is 0.0802. The first-order valence-corrected chi connectivity index (χ1v) is 6.25. The molecule has 0 radical (unpaired) electrons. The van der Waals surface area contributed by atoms with Crippen LogP contribution in [0.5, 0.6) is 0 Å². The monoisotopic (exact) mass is 265 g/mol. The van der Waals surface area contributed by atoms with Crippen LogP contribution in [0.1, 0.15) is 24.6 Å². The highest BCUT2D eigenvalue weighted by molar-refractivity contribution is 5.77.